The second kappa shape index (κ2) is 9.03. The molecule has 0 unspecified atom stereocenters. The van der Waals surface area contributed by atoms with E-state index in [0.29, 0.717) is 45.1 Å². The van der Waals surface area contributed by atoms with Gasteiger partial charge < -0.3 is 10.7 Å². The Hall–Kier alpha value is -4.64. The third kappa shape index (κ3) is 4.59. The molecule has 0 aliphatic heterocycles. The molecule has 0 aliphatic rings. The van der Waals surface area contributed by atoms with Gasteiger partial charge in [0.2, 0.25) is 0 Å². The summed E-state index contributed by atoms with van der Waals surface area (Å²) in [5.41, 5.74) is 12.7. The van der Waals surface area contributed by atoms with Gasteiger partial charge in [0.05, 0.1) is 22.5 Å². The van der Waals surface area contributed by atoms with Gasteiger partial charge in [-0.05, 0) is 59.5 Å². The minimum Gasteiger partial charge on any atom is -0.397 e. The molecule has 11 heteroatoms. The van der Waals surface area contributed by atoms with Crippen LogP contribution in [0.3, 0.4) is 0 Å². The van der Waals surface area contributed by atoms with Crippen molar-refractivity contribution >= 4 is 37.6 Å². The number of aromatic nitrogens is 6. The number of aromatic amines is 2. The molecule has 9 nitrogen and oxygen atoms in total. The summed E-state index contributed by atoms with van der Waals surface area (Å²) >= 11 is 0. The molecule has 0 bridgehead atoms. The second-order valence-corrected chi connectivity index (χ2v) is 11.5. The summed E-state index contributed by atoms with van der Waals surface area (Å²) < 4.78 is 37.7. The average molecular weight is 528 g/mol. The van der Waals surface area contributed by atoms with Crippen molar-refractivity contribution < 1.29 is 12.8 Å². The Labute approximate surface area is 216 Å². The number of nitrogens with one attached hydrogen (secondary N) is 2. The topological polar surface area (TPSA) is 143 Å². The normalized spacial score (nSPS) is 11.9. The number of anilines is 1. The lowest BCUT2D eigenvalue weighted by atomic mass is 10.0. The number of nitrogens with zero attached hydrogens (tertiary/aromatic N) is 4. The number of benzene rings is 2. The first-order valence-electron chi connectivity index (χ1n) is 11.8. The van der Waals surface area contributed by atoms with E-state index in [9.17, 15) is 12.8 Å². The van der Waals surface area contributed by atoms with Gasteiger partial charge in [-0.25, -0.2) is 22.8 Å². The van der Waals surface area contributed by atoms with Crippen molar-refractivity contribution in [3.05, 3.63) is 78.5 Å². The zero-order valence-electron chi connectivity index (χ0n) is 20.2. The van der Waals surface area contributed by atoms with Crippen LogP contribution in [-0.2, 0) is 16.3 Å². The molecule has 2 aromatic carbocycles. The highest BCUT2D eigenvalue weighted by molar-refractivity contribution is 7.90. The Bertz CT molecular complexity index is 1950. The Morgan fingerprint density at radius 1 is 1.00 bits per heavy atom. The van der Waals surface area contributed by atoms with Crippen LogP contribution >= 0.6 is 0 Å². The first-order valence-corrected chi connectivity index (χ1v) is 13.8. The van der Waals surface area contributed by atoms with Crippen LogP contribution in [0.15, 0.2) is 67.1 Å². The van der Waals surface area contributed by atoms with Crippen LogP contribution in [0.1, 0.15) is 5.56 Å². The molecule has 0 aliphatic carbocycles. The van der Waals surface area contributed by atoms with Gasteiger partial charge in [-0.15, -0.1) is 0 Å². The number of aryl methyl sites for hydroxylation is 1. The van der Waals surface area contributed by atoms with Gasteiger partial charge in [0.15, 0.2) is 11.5 Å². The molecule has 6 rings (SSSR count). The molecule has 0 fully saturated rings. The summed E-state index contributed by atoms with van der Waals surface area (Å²) in [7, 11) is -3.18. The SMILES string of the molecule is CS(=O)(=O)CCc1cc(F)cc(-c2ccnc3nc(-c4n[nH]c5ccc(-c6cncc(N)c6)cc45)[nH]c23)c1. The fourth-order valence-corrected chi connectivity index (χ4v) is 5.11. The van der Waals surface area contributed by atoms with E-state index >= 15 is 0 Å². The minimum absolute atomic E-state index is 0.0598. The number of fused-ring (bicyclic) bond motifs is 2. The van der Waals surface area contributed by atoms with E-state index in [1.165, 1.54) is 18.4 Å². The molecule has 0 amide bonds. The average Bonchev–Trinajstić information content (AvgIpc) is 3.50. The number of pyridine rings is 2. The maximum atomic E-state index is 14.5. The first-order chi connectivity index (χ1) is 18.2. The molecule has 190 valence electrons. The molecular weight excluding hydrogens is 505 g/mol. The highest BCUT2D eigenvalue weighted by Crippen LogP contribution is 2.33. The van der Waals surface area contributed by atoms with E-state index in [-0.39, 0.29) is 12.2 Å². The standard InChI is InChI=1S/C27H22FN7O2S/c1-38(36,37)7-5-15-8-17(10-19(28)9-15)21-4-6-31-26-24(21)32-27(33-26)25-22-12-16(2-3-23(22)34-35-25)18-11-20(29)14-30-13-18/h2-4,6,8-14H,5,7,29H2,1H3,(H,34,35)(H,31,32,33). The minimum atomic E-state index is -3.18. The van der Waals surface area contributed by atoms with E-state index in [0.717, 1.165) is 22.0 Å². The largest absolute Gasteiger partial charge is 0.397 e. The Morgan fingerprint density at radius 2 is 1.87 bits per heavy atom. The highest BCUT2D eigenvalue weighted by Gasteiger charge is 2.17. The quantitative estimate of drug-likeness (QED) is 0.288. The molecule has 4 N–H and O–H groups in total. The third-order valence-corrected chi connectivity index (χ3v) is 7.25. The van der Waals surface area contributed by atoms with Crippen molar-refractivity contribution in [3.8, 4) is 33.8 Å². The van der Waals surface area contributed by atoms with Gasteiger partial charge in [0.25, 0.3) is 0 Å². The third-order valence-electron chi connectivity index (χ3n) is 6.30. The molecule has 0 saturated heterocycles. The highest BCUT2D eigenvalue weighted by atomic mass is 32.2. The molecule has 4 heterocycles. The number of nitrogens with two attached hydrogens (primary N) is 1. The van der Waals surface area contributed by atoms with E-state index < -0.39 is 15.7 Å². The number of halogens is 1. The first kappa shape index (κ1) is 23.7. The van der Waals surface area contributed by atoms with E-state index in [1.54, 1.807) is 30.7 Å². The van der Waals surface area contributed by atoms with Crippen LogP contribution in [0, 0.1) is 5.82 Å². The number of imidazole rings is 1. The predicted molar refractivity (Wildman–Crippen MR) is 145 cm³/mol. The smallest absolute Gasteiger partial charge is 0.178 e. The van der Waals surface area contributed by atoms with Crippen molar-refractivity contribution in [2.45, 2.75) is 6.42 Å². The number of rotatable bonds is 6. The van der Waals surface area contributed by atoms with E-state index in [4.69, 9.17) is 5.73 Å². The lowest BCUT2D eigenvalue weighted by Gasteiger charge is -2.07. The Morgan fingerprint density at radius 3 is 2.68 bits per heavy atom. The Kier molecular flexibility index (Phi) is 5.64. The predicted octanol–water partition coefficient (Wildman–Crippen LogP) is 4.54. The van der Waals surface area contributed by atoms with Gasteiger partial charge in [-0.3, -0.25) is 10.1 Å². The molecule has 38 heavy (non-hydrogen) atoms. The summed E-state index contributed by atoms with van der Waals surface area (Å²) in [6.07, 6.45) is 6.34. The molecular formula is C27H22FN7O2S. The lowest BCUT2D eigenvalue weighted by molar-refractivity contribution is 0.600. The molecule has 0 spiro atoms. The maximum Gasteiger partial charge on any atom is 0.178 e. The fraction of sp³-hybridized carbons (Fsp3) is 0.111. The van der Waals surface area contributed by atoms with Crippen molar-refractivity contribution in [3.63, 3.8) is 0 Å². The van der Waals surface area contributed by atoms with Crippen molar-refractivity contribution in [2.75, 3.05) is 17.7 Å². The van der Waals surface area contributed by atoms with Gasteiger partial charge in [0, 0.05) is 41.4 Å². The number of hydrogen-bond donors (Lipinski definition) is 3. The summed E-state index contributed by atoms with van der Waals surface area (Å²) in [4.78, 5) is 16.6. The summed E-state index contributed by atoms with van der Waals surface area (Å²) in [5, 5.41) is 8.37. The van der Waals surface area contributed by atoms with Gasteiger partial charge >= 0.3 is 0 Å². The van der Waals surface area contributed by atoms with Crippen molar-refractivity contribution in [2.24, 2.45) is 0 Å². The van der Waals surface area contributed by atoms with Crippen LogP contribution in [-0.4, -0.2) is 50.6 Å². The summed E-state index contributed by atoms with van der Waals surface area (Å²) in [5.74, 6) is -0.00396. The van der Waals surface area contributed by atoms with E-state index in [1.807, 2.05) is 24.3 Å². The van der Waals surface area contributed by atoms with Crippen LogP contribution in [0.5, 0.6) is 0 Å². The number of sulfone groups is 1. The molecule has 0 saturated carbocycles. The molecule has 0 radical (unpaired) electrons. The van der Waals surface area contributed by atoms with Gasteiger partial charge in [-0.2, -0.15) is 5.10 Å². The van der Waals surface area contributed by atoms with Gasteiger partial charge in [0.1, 0.15) is 21.3 Å². The molecule has 0 atom stereocenters. The Balaban J connectivity index is 1.43. The van der Waals surface area contributed by atoms with Crippen LogP contribution in [0.2, 0.25) is 0 Å². The number of nitrogen functional groups attached to an aromatic ring is 1. The van der Waals surface area contributed by atoms with Crippen LogP contribution in [0.25, 0.3) is 55.8 Å². The molecule has 4 aromatic heterocycles. The van der Waals surface area contributed by atoms with Crippen molar-refractivity contribution in [1.29, 1.82) is 0 Å². The zero-order chi connectivity index (χ0) is 26.4. The van der Waals surface area contributed by atoms with E-state index in [2.05, 4.69) is 30.1 Å². The monoisotopic (exact) mass is 527 g/mol. The second-order valence-electron chi connectivity index (χ2n) is 9.21. The fourth-order valence-electron chi connectivity index (χ4n) is 4.51. The number of H-pyrrole nitrogens is 2. The van der Waals surface area contributed by atoms with Crippen LogP contribution < -0.4 is 5.73 Å². The lowest BCUT2D eigenvalue weighted by Crippen LogP contribution is -2.06. The summed E-state index contributed by atoms with van der Waals surface area (Å²) in [6, 6.07) is 14.1. The number of hydrogen-bond acceptors (Lipinski definition) is 7. The van der Waals surface area contributed by atoms with Crippen LogP contribution in [0.4, 0.5) is 10.1 Å². The van der Waals surface area contributed by atoms with Gasteiger partial charge in [-0.1, -0.05) is 12.1 Å². The van der Waals surface area contributed by atoms with Crippen molar-refractivity contribution in [1.82, 2.24) is 30.1 Å². The zero-order valence-corrected chi connectivity index (χ0v) is 21.1. The molecule has 6 aromatic rings. The maximum absolute atomic E-state index is 14.5. The summed E-state index contributed by atoms with van der Waals surface area (Å²) in [6.45, 7) is 0.